The van der Waals surface area contributed by atoms with Crippen LogP contribution in [0, 0.1) is 5.82 Å². The first kappa shape index (κ1) is 19.7. The lowest BCUT2D eigenvalue weighted by atomic mass is 10.1. The predicted octanol–water partition coefficient (Wildman–Crippen LogP) is 3.57. The Morgan fingerprint density at radius 2 is 2.00 bits per heavy atom. The first-order chi connectivity index (χ1) is 11.6. The van der Waals surface area contributed by atoms with Gasteiger partial charge in [0.25, 0.3) is 5.91 Å². The third kappa shape index (κ3) is 4.50. The minimum absolute atomic E-state index is 0. The molecule has 1 heterocycles. The number of rotatable bonds is 3. The number of amides is 1. The van der Waals surface area contributed by atoms with Crippen molar-refractivity contribution in [1.82, 2.24) is 4.90 Å². The lowest BCUT2D eigenvalue weighted by Gasteiger charge is -2.33. The molecule has 1 atom stereocenters. The summed E-state index contributed by atoms with van der Waals surface area (Å²) in [5.74, 6) is -0.524. The molecule has 0 aromatic heterocycles. The third-order valence-electron chi connectivity index (χ3n) is 4.11. The Hall–Kier alpha value is -1.66. The molecule has 25 heavy (non-hydrogen) atoms. The highest BCUT2D eigenvalue weighted by molar-refractivity contribution is 6.30. The van der Waals surface area contributed by atoms with Gasteiger partial charge in [0.2, 0.25) is 0 Å². The van der Waals surface area contributed by atoms with Gasteiger partial charge in [0.15, 0.2) is 0 Å². The number of nitrogens with zero attached hydrogens (tertiary/aromatic N) is 1. The van der Waals surface area contributed by atoms with Crippen molar-refractivity contribution in [3.63, 3.8) is 0 Å². The van der Waals surface area contributed by atoms with Crippen LogP contribution >= 0.6 is 24.0 Å². The standard InChI is InChI=1S/C18H18ClFN2O2.ClH/c19-15-9-14(5-6-16(15)20)17-11-22(7-8-24-17)18(23)13-3-1-12(10-21)2-4-13;/h1-6,9,17H,7-8,10-11,21H2;1H. The van der Waals surface area contributed by atoms with Crippen molar-refractivity contribution in [1.29, 1.82) is 0 Å². The molecule has 0 radical (unpaired) electrons. The molecule has 1 saturated heterocycles. The number of ether oxygens (including phenoxy) is 1. The van der Waals surface area contributed by atoms with Gasteiger partial charge in [-0.25, -0.2) is 4.39 Å². The molecule has 0 spiro atoms. The maximum absolute atomic E-state index is 13.3. The van der Waals surface area contributed by atoms with Gasteiger partial charge in [0.1, 0.15) is 11.9 Å². The molecule has 2 aromatic rings. The van der Waals surface area contributed by atoms with Gasteiger partial charge in [0.05, 0.1) is 18.2 Å². The van der Waals surface area contributed by atoms with Gasteiger partial charge in [-0.3, -0.25) is 4.79 Å². The number of benzene rings is 2. The van der Waals surface area contributed by atoms with Crippen LogP contribution in [0.1, 0.15) is 27.6 Å². The summed E-state index contributed by atoms with van der Waals surface area (Å²) in [5, 5.41) is 0.0527. The van der Waals surface area contributed by atoms with Crippen LogP contribution in [0.3, 0.4) is 0 Å². The molecule has 3 rings (SSSR count). The predicted molar refractivity (Wildman–Crippen MR) is 97.6 cm³/mol. The van der Waals surface area contributed by atoms with Gasteiger partial charge >= 0.3 is 0 Å². The number of hydrogen-bond donors (Lipinski definition) is 1. The van der Waals surface area contributed by atoms with E-state index in [0.717, 1.165) is 11.1 Å². The number of carbonyl (C=O) groups is 1. The zero-order valence-corrected chi connectivity index (χ0v) is 15.0. The van der Waals surface area contributed by atoms with E-state index in [-0.39, 0.29) is 29.4 Å². The lowest BCUT2D eigenvalue weighted by molar-refractivity contribution is -0.0228. The second-order valence-electron chi connectivity index (χ2n) is 5.69. The van der Waals surface area contributed by atoms with Gasteiger partial charge < -0.3 is 15.4 Å². The van der Waals surface area contributed by atoms with E-state index in [1.807, 2.05) is 12.1 Å². The maximum atomic E-state index is 13.3. The van der Waals surface area contributed by atoms with E-state index >= 15 is 0 Å². The fourth-order valence-electron chi connectivity index (χ4n) is 2.71. The SMILES string of the molecule is Cl.NCc1ccc(C(=O)N2CCOC(c3ccc(F)c(Cl)c3)C2)cc1. The van der Waals surface area contributed by atoms with Crippen molar-refractivity contribution in [3.8, 4) is 0 Å². The number of morpholine rings is 1. The molecule has 1 amide bonds. The van der Waals surface area contributed by atoms with E-state index in [1.165, 1.54) is 6.07 Å². The van der Waals surface area contributed by atoms with Gasteiger partial charge in [-0.2, -0.15) is 0 Å². The highest BCUT2D eigenvalue weighted by Crippen LogP contribution is 2.26. The highest BCUT2D eigenvalue weighted by atomic mass is 35.5. The Morgan fingerprint density at radius 3 is 2.64 bits per heavy atom. The number of halogens is 3. The molecule has 4 nitrogen and oxygen atoms in total. The fourth-order valence-corrected chi connectivity index (χ4v) is 2.90. The van der Waals surface area contributed by atoms with Gasteiger partial charge in [0, 0.05) is 18.7 Å². The van der Waals surface area contributed by atoms with Crippen LogP contribution in [0.25, 0.3) is 0 Å². The summed E-state index contributed by atoms with van der Waals surface area (Å²) >= 11 is 5.84. The summed E-state index contributed by atoms with van der Waals surface area (Å²) in [4.78, 5) is 14.4. The second-order valence-corrected chi connectivity index (χ2v) is 6.09. The summed E-state index contributed by atoms with van der Waals surface area (Å²) in [7, 11) is 0. The van der Waals surface area contributed by atoms with E-state index in [0.29, 0.717) is 31.8 Å². The number of carbonyl (C=O) groups excluding carboxylic acids is 1. The van der Waals surface area contributed by atoms with Crippen LogP contribution in [0.2, 0.25) is 5.02 Å². The van der Waals surface area contributed by atoms with E-state index < -0.39 is 5.82 Å². The molecular weight excluding hydrogens is 366 g/mol. The van der Waals surface area contributed by atoms with Crippen LogP contribution < -0.4 is 5.73 Å². The van der Waals surface area contributed by atoms with Crippen molar-refractivity contribution in [2.75, 3.05) is 19.7 Å². The lowest BCUT2D eigenvalue weighted by Crippen LogP contribution is -2.42. The topological polar surface area (TPSA) is 55.6 Å². The Balaban J connectivity index is 0.00000225. The van der Waals surface area contributed by atoms with Gasteiger partial charge in [-0.15, -0.1) is 12.4 Å². The van der Waals surface area contributed by atoms with Crippen molar-refractivity contribution in [2.24, 2.45) is 5.73 Å². The van der Waals surface area contributed by atoms with Crippen LogP contribution in [0.5, 0.6) is 0 Å². The van der Waals surface area contributed by atoms with Crippen molar-refractivity contribution in [3.05, 3.63) is 70.0 Å². The second kappa shape index (κ2) is 8.63. The molecule has 0 aliphatic carbocycles. The van der Waals surface area contributed by atoms with E-state index in [2.05, 4.69) is 0 Å². The van der Waals surface area contributed by atoms with E-state index in [1.54, 1.807) is 29.2 Å². The Kier molecular flexibility index (Phi) is 6.79. The van der Waals surface area contributed by atoms with Crippen LogP contribution in [0.4, 0.5) is 4.39 Å². The Morgan fingerprint density at radius 1 is 1.28 bits per heavy atom. The molecule has 2 N–H and O–H groups in total. The first-order valence-corrected chi connectivity index (χ1v) is 8.11. The summed E-state index contributed by atoms with van der Waals surface area (Å²) in [5.41, 5.74) is 7.93. The third-order valence-corrected chi connectivity index (χ3v) is 4.40. The van der Waals surface area contributed by atoms with Crippen molar-refractivity contribution >= 4 is 29.9 Å². The van der Waals surface area contributed by atoms with Crippen LogP contribution in [-0.4, -0.2) is 30.5 Å². The smallest absolute Gasteiger partial charge is 0.254 e. The number of nitrogens with two attached hydrogens (primary N) is 1. The molecule has 7 heteroatoms. The van der Waals surface area contributed by atoms with Gasteiger partial charge in [-0.05, 0) is 35.4 Å². The van der Waals surface area contributed by atoms with E-state index in [4.69, 9.17) is 22.1 Å². The van der Waals surface area contributed by atoms with Crippen LogP contribution in [0.15, 0.2) is 42.5 Å². The molecule has 0 saturated carbocycles. The number of hydrogen-bond acceptors (Lipinski definition) is 3. The molecule has 1 aliphatic rings. The molecular formula is C18H19Cl2FN2O2. The first-order valence-electron chi connectivity index (χ1n) is 7.73. The van der Waals surface area contributed by atoms with Gasteiger partial charge in [-0.1, -0.05) is 29.8 Å². The normalized spacial score (nSPS) is 17.1. The van der Waals surface area contributed by atoms with Crippen molar-refractivity contribution in [2.45, 2.75) is 12.6 Å². The highest BCUT2D eigenvalue weighted by Gasteiger charge is 2.26. The minimum Gasteiger partial charge on any atom is -0.370 e. The fraction of sp³-hybridized carbons (Fsp3) is 0.278. The molecule has 0 bridgehead atoms. The zero-order valence-electron chi connectivity index (χ0n) is 13.5. The summed E-state index contributed by atoms with van der Waals surface area (Å²) in [6, 6.07) is 11.8. The van der Waals surface area contributed by atoms with Crippen molar-refractivity contribution < 1.29 is 13.9 Å². The zero-order chi connectivity index (χ0) is 17.1. The molecule has 1 unspecified atom stereocenters. The summed E-state index contributed by atoms with van der Waals surface area (Å²) in [6.45, 7) is 1.79. The Bertz CT molecular complexity index is 740. The molecule has 1 fully saturated rings. The maximum Gasteiger partial charge on any atom is 0.254 e. The molecule has 134 valence electrons. The average molecular weight is 385 g/mol. The van der Waals surface area contributed by atoms with Crippen LogP contribution in [-0.2, 0) is 11.3 Å². The molecule has 1 aliphatic heterocycles. The summed E-state index contributed by atoms with van der Waals surface area (Å²) < 4.78 is 19.0. The monoisotopic (exact) mass is 384 g/mol. The largest absolute Gasteiger partial charge is 0.370 e. The quantitative estimate of drug-likeness (QED) is 0.879. The Labute approximate surface area is 157 Å². The minimum atomic E-state index is -0.468. The average Bonchev–Trinajstić information content (AvgIpc) is 2.63. The van der Waals surface area contributed by atoms with E-state index in [9.17, 15) is 9.18 Å². The molecule has 2 aromatic carbocycles. The summed E-state index contributed by atoms with van der Waals surface area (Å²) in [6.07, 6.45) is -0.316.